The molecule has 1 aromatic rings. The summed E-state index contributed by atoms with van der Waals surface area (Å²) in [6.45, 7) is 7.01. The lowest BCUT2D eigenvalue weighted by Gasteiger charge is -2.37. The largest absolute Gasteiger partial charge is 0.477 e. The molecule has 1 unspecified atom stereocenters. The van der Waals surface area contributed by atoms with Gasteiger partial charge in [0.05, 0.1) is 6.61 Å². The molecule has 3 rings (SSSR count). The number of rotatable bonds is 7. The van der Waals surface area contributed by atoms with Crippen LogP contribution in [-0.4, -0.2) is 79.2 Å². The highest BCUT2D eigenvalue weighted by atomic mass is 127. The molecule has 2 aliphatic heterocycles. The third-order valence-corrected chi connectivity index (χ3v) is 5.33. The van der Waals surface area contributed by atoms with Crippen LogP contribution in [0, 0.1) is 0 Å². The summed E-state index contributed by atoms with van der Waals surface area (Å²) in [5.74, 6) is 1.64. The van der Waals surface area contributed by atoms with E-state index in [1.165, 1.54) is 0 Å². The first-order valence-corrected chi connectivity index (χ1v) is 10.7. The maximum Gasteiger partial charge on any atom is 0.251 e. The Balaban J connectivity index is 0.00000320. The van der Waals surface area contributed by atoms with Crippen molar-refractivity contribution in [1.82, 2.24) is 20.1 Å². The number of unbranched alkanes of at least 4 members (excludes halogenated alkanes) is 1. The number of nitrogens with one attached hydrogen (secondary N) is 1. The second-order valence-corrected chi connectivity index (χ2v) is 7.38. The van der Waals surface area contributed by atoms with Gasteiger partial charge in [0.25, 0.3) is 5.91 Å². The van der Waals surface area contributed by atoms with Crippen LogP contribution in [0.4, 0.5) is 0 Å². The van der Waals surface area contributed by atoms with Crippen molar-refractivity contribution < 1.29 is 14.3 Å². The molecular weight excluding hydrogens is 497 g/mol. The second kappa shape index (κ2) is 12.9. The van der Waals surface area contributed by atoms with Gasteiger partial charge < -0.3 is 24.6 Å². The van der Waals surface area contributed by atoms with Gasteiger partial charge in [-0.15, -0.1) is 24.0 Å². The molecule has 0 bridgehead atoms. The number of pyridine rings is 1. The molecule has 2 fully saturated rings. The average molecular weight is 531 g/mol. The molecule has 30 heavy (non-hydrogen) atoms. The van der Waals surface area contributed by atoms with Crippen LogP contribution in [-0.2, 0) is 16.1 Å². The van der Waals surface area contributed by atoms with Crippen LogP contribution in [0.2, 0.25) is 0 Å². The van der Waals surface area contributed by atoms with Gasteiger partial charge in [0.1, 0.15) is 6.10 Å². The average Bonchev–Trinajstić information content (AvgIpc) is 3.30. The number of aliphatic imine (C=N–C) groups is 1. The molecule has 0 aromatic carbocycles. The van der Waals surface area contributed by atoms with Crippen LogP contribution in [0.1, 0.15) is 38.2 Å². The van der Waals surface area contributed by atoms with Crippen LogP contribution in [0.15, 0.2) is 23.3 Å². The van der Waals surface area contributed by atoms with E-state index in [2.05, 4.69) is 27.1 Å². The lowest BCUT2D eigenvalue weighted by atomic mass is 10.2. The zero-order chi connectivity index (χ0) is 20.5. The SMILES string of the molecule is CCCCOc1ncccc1CNC(=NC)N1CCN(C(=O)C2CCCO2)CC1.I. The Hall–Kier alpha value is -1.62. The van der Waals surface area contributed by atoms with Gasteiger partial charge in [-0.3, -0.25) is 9.79 Å². The minimum Gasteiger partial charge on any atom is -0.477 e. The monoisotopic (exact) mass is 531 g/mol. The third-order valence-electron chi connectivity index (χ3n) is 5.33. The quantitative estimate of drug-likeness (QED) is 0.252. The van der Waals surface area contributed by atoms with Crippen molar-refractivity contribution in [2.45, 2.75) is 45.3 Å². The van der Waals surface area contributed by atoms with Crippen LogP contribution < -0.4 is 10.1 Å². The topological polar surface area (TPSA) is 79.3 Å². The summed E-state index contributed by atoms with van der Waals surface area (Å²) in [5.41, 5.74) is 1.01. The molecule has 8 nitrogen and oxygen atoms in total. The van der Waals surface area contributed by atoms with Gasteiger partial charge in [0.2, 0.25) is 5.88 Å². The van der Waals surface area contributed by atoms with E-state index in [0.29, 0.717) is 38.7 Å². The zero-order valence-electron chi connectivity index (χ0n) is 18.0. The number of hydrogen-bond acceptors (Lipinski definition) is 5. The fourth-order valence-electron chi connectivity index (χ4n) is 3.62. The first-order valence-electron chi connectivity index (χ1n) is 10.7. The summed E-state index contributed by atoms with van der Waals surface area (Å²) >= 11 is 0. The Morgan fingerprint density at radius 3 is 2.77 bits per heavy atom. The minimum atomic E-state index is -0.240. The number of amides is 1. The Morgan fingerprint density at radius 1 is 1.33 bits per heavy atom. The van der Waals surface area contributed by atoms with Gasteiger partial charge >= 0.3 is 0 Å². The summed E-state index contributed by atoms with van der Waals surface area (Å²) in [7, 11) is 1.79. The number of hydrogen-bond donors (Lipinski definition) is 1. The number of carbonyl (C=O) groups excluding carboxylic acids is 1. The number of carbonyl (C=O) groups is 1. The molecule has 2 aliphatic rings. The molecule has 168 valence electrons. The predicted octanol–water partition coefficient (Wildman–Crippen LogP) is 2.28. The maximum atomic E-state index is 12.5. The van der Waals surface area contributed by atoms with E-state index in [1.54, 1.807) is 13.2 Å². The van der Waals surface area contributed by atoms with Crippen LogP contribution in [0.5, 0.6) is 5.88 Å². The van der Waals surface area contributed by atoms with Crippen molar-refractivity contribution >= 4 is 35.8 Å². The van der Waals surface area contributed by atoms with Crippen molar-refractivity contribution in [2.75, 3.05) is 46.4 Å². The number of aromatic nitrogens is 1. The highest BCUT2D eigenvalue weighted by Crippen LogP contribution is 2.17. The summed E-state index contributed by atoms with van der Waals surface area (Å²) in [5, 5.41) is 3.41. The van der Waals surface area contributed by atoms with Crippen molar-refractivity contribution in [3.63, 3.8) is 0 Å². The molecule has 0 saturated carbocycles. The number of ether oxygens (including phenoxy) is 2. The lowest BCUT2D eigenvalue weighted by molar-refractivity contribution is -0.142. The van der Waals surface area contributed by atoms with E-state index in [4.69, 9.17) is 9.47 Å². The molecule has 1 N–H and O–H groups in total. The first-order chi connectivity index (χ1) is 14.2. The van der Waals surface area contributed by atoms with Crippen molar-refractivity contribution in [3.8, 4) is 5.88 Å². The Kier molecular flexibility index (Phi) is 10.6. The number of piperazine rings is 1. The maximum absolute atomic E-state index is 12.5. The summed E-state index contributed by atoms with van der Waals surface area (Å²) in [6.07, 6.45) is 5.44. The highest BCUT2D eigenvalue weighted by Gasteiger charge is 2.30. The standard InChI is InChI=1S/C21H33N5O3.HI/c1-3-4-14-29-19-17(7-5-9-23-19)16-24-21(22-2)26-12-10-25(11-13-26)20(27)18-8-6-15-28-18;/h5,7,9,18H,3-4,6,8,10-16H2,1-2H3,(H,22,24);1H. The molecule has 0 aliphatic carbocycles. The van der Waals surface area contributed by atoms with E-state index in [1.807, 2.05) is 17.0 Å². The van der Waals surface area contributed by atoms with Gasteiger partial charge in [-0.25, -0.2) is 4.98 Å². The first kappa shape index (κ1) is 24.6. The highest BCUT2D eigenvalue weighted by molar-refractivity contribution is 14.0. The number of halogens is 1. The molecule has 9 heteroatoms. The van der Waals surface area contributed by atoms with E-state index >= 15 is 0 Å². The molecule has 1 aromatic heterocycles. The van der Waals surface area contributed by atoms with E-state index in [0.717, 1.165) is 50.3 Å². The van der Waals surface area contributed by atoms with Gasteiger partial charge in [-0.2, -0.15) is 0 Å². The smallest absolute Gasteiger partial charge is 0.251 e. The Bertz CT molecular complexity index is 689. The Morgan fingerprint density at radius 2 is 2.10 bits per heavy atom. The van der Waals surface area contributed by atoms with Gasteiger partial charge in [0.15, 0.2) is 5.96 Å². The number of nitrogens with zero attached hydrogens (tertiary/aromatic N) is 4. The minimum absolute atomic E-state index is 0. The molecule has 0 radical (unpaired) electrons. The summed E-state index contributed by atoms with van der Waals surface area (Å²) in [6, 6.07) is 3.94. The van der Waals surface area contributed by atoms with Crippen LogP contribution >= 0.6 is 24.0 Å². The number of guanidine groups is 1. The van der Waals surface area contributed by atoms with E-state index in [-0.39, 0.29) is 36.0 Å². The normalized spacial score (nSPS) is 19.4. The molecule has 3 heterocycles. The van der Waals surface area contributed by atoms with E-state index in [9.17, 15) is 4.79 Å². The fraction of sp³-hybridized carbons (Fsp3) is 0.667. The lowest BCUT2D eigenvalue weighted by Crippen LogP contribution is -2.55. The van der Waals surface area contributed by atoms with Gasteiger partial charge in [0, 0.05) is 58.1 Å². The summed E-state index contributed by atoms with van der Waals surface area (Å²) in [4.78, 5) is 25.4. The summed E-state index contributed by atoms with van der Waals surface area (Å²) < 4.78 is 11.4. The van der Waals surface area contributed by atoms with Crippen molar-refractivity contribution in [2.24, 2.45) is 4.99 Å². The molecule has 0 spiro atoms. The third kappa shape index (κ3) is 6.69. The van der Waals surface area contributed by atoms with Crippen LogP contribution in [0.25, 0.3) is 0 Å². The predicted molar refractivity (Wildman–Crippen MR) is 127 cm³/mol. The van der Waals surface area contributed by atoms with E-state index < -0.39 is 0 Å². The fourth-order valence-corrected chi connectivity index (χ4v) is 3.62. The van der Waals surface area contributed by atoms with Crippen molar-refractivity contribution in [1.29, 1.82) is 0 Å². The zero-order valence-corrected chi connectivity index (χ0v) is 20.3. The molecule has 1 atom stereocenters. The van der Waals surface area contributed by atoms with Gasteiger partial charge in [-0.05, 0) is 25.3 Å². The van der Waals surface area contributed by atoms with Gasteiger partial charge in [-0.1, -0.05) is 19.4 Å². The van der Waals surface area contributed by atoms with Crippen molar-refractivity contribution in [3.05, 3.63) is 23.9 Å². The molecule has 1 amide bonds. The molecular formula is C21H34IN5O3. The molecule has 2 saturated heterocycles. The second-order valence-electron chi connectivity index (χ2n) is 7.38. The van der Waals surface area contributed by atoms with Crippen LogP contribution in [0.3, 0.4) is 0 Å². The Labute approximate surface area is 196 Å².